The number of rotatable bonds is 4. The van der Waals surface area contributed by atoms with E-state index in [9.17, 15) is 10.1 Å². The Hall–Kier alpha value is -1.56. The number of nitrogens with zero attached hydrogens (tertiary/aromatic N) is 1. The number of thioether (sulfide) groups is 1. The topological polar surface area (TPSA) is 94.8 Å². The predicted octanol–water partition coefficient (Wildman–Crippen LogP) is -0.0557. The highest BCUT2D eigenvalue weighted by molar-refractivity contribution is 8.13. The summed E-state index contributed by atoms with van der Waals surface area (Å²) >= 11 is 1.34. The molecule has 0 saturated carbocycles. The third-order valence-corrected chi connectivity index (χ3v) is 2.52. The van der Waals surface area contributed by atoms with E-state index in [0.29, 0.717) is 11.6 Å². The minimum Gasteiger partial charge on any atom is -0.282 e. The van der Waals surface area contributed by atoms with Crippen LogP contribution < -0.4 is 11.1 Å². The Morgan fingerprint density at radius 3 is 2.93 bits per heavy atom. The molecule has 0 aliphatic carbocycles. The minimum absolute atomic E-state index is 0.113. The van der Waals surface area contributed by atoms with Crippen LogP contribution in [0, 0.1) is 10.1 Å². The van der Waals surface area contributed by atoms with Crippen LogP contribution in [0.1, 0.15) is 5.56 Å². The Labute approximate surface area is 91.3 Å². The van der Waals surface area contributed by atoms with E-state index >= 15 is 0 Å². The fraction of sp³-hybridized carbons (Fsp3) is 0.222. The van der Waals surface area contributed by atoms with Gasteiger partial charge in [-0.05, 0) is 23.7 Å². The Bertz CT molecular complexity index is 381. The maximum absolute atomic E-state index is 10.5. The number of aryl methyl sites for hydroxylation is 1. The Balaban J connectivity index is 2.58. The van der Waals surface area contributed by atoms with E-state index < -0.39 is 4.92 Å². The molecule has 0 aliphatic rings. The van der Waals surface area contributed by atoms with Gasteiger partial charge in [0.15, 0.2) is 0 Å². The second-order valence-corrected chi connectivity index (χ2v) is 4.10. The number of nitrogens with two attached hydrogens (primary N) is 2. The van der Waals surface area contributed by atoms with Crippen LogP contribution in [0.4, 0.5) is 5.69 Å². The molecule has 0 saturated heterocycles. The van der Waals surface area contributed by atoms with Crippen LogP contribution in [0.5, 0.6) is 0 Å². The summed E-state index contributed by atoms with van der Waals surface area (Å²) in [6.07, 6.45) is 0.713. The van der Waals surface area contributed by atoms with E-state index in [1.54, 1.807) is 12.1 Å². The highest BCUT2D eigenvalue weighted by atomic mass is 32.2. The lowest BCUT2D eigenvalue weighted by molar-refractivity contribution is -0.384. The molecule has 1 aromatic carbocycles. The SMILES string of the molecule is NC(=[NH2+])SCCc1cccc([N+](=O)[O-])c1. The third kappa shape index (κ3) is 3.99. The molecular formula is C9H12N3O2S+. The standard InChI is InChI=1S/C9H11N3O2S/c10-9(11)15-5-4-7-2-1-3-8(6-7)12(13)14/h1-3,6H,4-5H2,(H3,10,11)/p+1. The van der Waals surface area contributed by atoms with Gasteiger partial charge in [-0.1, -0.05) is 12.1 Å². The Morgan fingerprint density at radius 1 is 1.60 bits per heavy atom. The highest BCUT2D eigenvalue weighted by Crippen LogP contribution is 2.14. The molecule has 6 heteroatoms. The third-order valence-electron chi connectivity index (χ3n) is 1.78. The molecule has 0 bridgehead atoms. The second kappa shape index (κ2) is 5.35. The minimum atomic E-state index is -0.403. The smallest absolute Gasteiger partial charge is 0.282 e. The molecule has 15 heavy (non-hydrogen) atoms. The number of hydrogen-bond acceptors (Lipinski definition) is 3. The van der Waals surface area contributed by atoms with Gasteiger partial charge in [0, 0.05) is 17.9 Å². The van der Waals surface area contributed by atoms with Crippen molar-refractivity contribution in [2.45, 2.75) is 6.42 Å². The number of amidine groups is 1. The molecule has 0 heterocycles. The average Bonchev–Trinajstić information content (AvgIpc) is 2.17. The van der Waals surface area contributed by atoms with E-state index in [2.05, 4.69) is 0 Å². The Morgan fingerprint density at radius 2 is 2.33 bits per heavy atom. The lowest BCUT2D eigenvalue weighted by Gasteiger charge is -1.98. The molecule has 0 aliphatic heterocycles. The lowest BCUT2D eigenvalue weighted by atomic mass is 10.1. The Kier molecular flexibility index (Phi) is 4.11. The zero-order valence-electron chi connectivity index (χ0n) is 8.05. The maximum Gasteiger partial charge on any atom is 0.299 e. The highest BCUT2D eigenvalue weighted by Gasteiger charge is 2.05. The maximum atomic E-state index is 10.5. The van der Waals surface area contributed by atoms with Crippen molar-refractivity contribution in [2.75, 3.05) is 5.75 Å². The van der Waals surface area contributed by atoms with Crippen LogP contribution in [-0.2, 0) is 6.42 Å². The van der Waals surface area contributed by atoms with E-state index in [1.807, 2.05) is 6.07 Å². The molecule has 0 unspecified atom stereocenters. The van der Waals surface area contributed by atoms with Crippen LogP contribution >= 0.6 is 11.8 Å². The van der Waals surface area contributed by atoms with E-state index in [1.165, 1.54) is 17.8 Å². The summed E-state index contributed by atoms with van der Waals surface area (Å²) in [5, 5.41) is 16.1. The predicted molar refractivity (Wildman–Crippen MR) is 60.4 cm³/mol. The summed E-state index contributed by atoms with van der Waals surface area (Å²) < 4.78 is 0. The number of nitro benzene ring substituents is 1. The molecule has 4 N–H and O–H groups in total. The lowest BCUT2D eigenvalue weighted by Crippen LogP contribution is -2.43. The monoisotopic (exact) mass is 226 g/mol. The van der Waals surface area contributed by atoms with Crippen molar-refractivity contribution >= 4 is 22.6 Å². The molecule has 80 valence electrons. The van der Waals surface area contributed by atoms with Gasteiger partial charge in [-0.3, -0.25) is 21.3 Å². The van der Waals surface area contributed by atoms with Gasteiger partial charge in [0.2, 0.25) is 0 Å². The zero-order valence-corrected chi connectivity index (χ0v) is 8.87. The first-order chi connectivity index (χ1) is 7.09. The largest absolute Gasteiger partial charge is 0.299 e. The van der Waals surface area contributed by atoms with Crippen LogP contribution in [0.2, 0.25) is 0 Å². The molecule has 0 atom stereocenters. The van der Waals surface area contributed by atoms with Gasteiger partial charge in [0.1, 0.15) is 0 Å². The molecule has 1 rings (SSSR count). The molecular weight excluding hydrogens is 214 g/mol. The van der Waals surface area contributed by atoms with Gasteiger partial charge in [-0.25, -0.2) is 0 Å². The van der Waals surface area contributed by atoms with Crippen LogP contribution in [0.15, 0.2) is 24.3 Å². The van der Waals surface area contributed by atoms with Crippen LogP contribution in [0.25, 0.3) is 0 Å². The summed E-state index contributed by atoms with van der Waals surface area (Å²) in [6, 6.07) is 6.56. The normalized spacial score (nSPS) is 9.87. The molecule has 1 aromatic rings. The molecule has 0 aromatic heterocycles. The fourth-order valence-corrected chi connectivity index (χ4v) is 1.69. The molecule has 0 fully saturated rings. The first kappa shape index (κ1) is 11.5. The number of nitro groups is 1. The fourth-order valence-electron chi connectivity index (χ4n) is 1.11. The van der Waals surface area contributed by atoms with E-state index in [-0.39, 0.29) is 5.69 Å². The molecule has 0 amide bonds. The van der Waals surface area contributed by atoms with Gasteiger partial charge in [0.25, 0.3) is 10.9 Å². The summed E-state index contributed by atoms with van der Waals surface area (Å²) in [5.41, 5.74) is 6.31. The van der Waals surface area contributed by atoms with Crippen molar-refractivity contribution in [1.29, 1.82) is 0 Å². The molecule has 0 spiro atoms. The van der Waals surface area contributed by atoms with Crippen molar-refractivity contribution in [1.82, 2.24) is 0 Å². The molecule has 5 nitrogen and oxygen atoms in total. The summed E-state index contributed by atoms with van der Waals surface area (Å²) in [4.78, 5) is 10.1. The number of non-ortho nitro benzene ring substituents is 1. The van der Waals surface area contributed by atoms with E-state index in [4.69, 9.17) is 11.1 Å². The van der Waals surface area contributed by atoms with Crippen molar-refractivity contribution in [3.05, 3.63) is 39.9 Å². The summed E-state index contributed by atoms with van der Waals surface area (Å²) in [5.74, 6) is 0.726. The number of hydrogen-bond donors (Lipinski definition) is 2. The molecule has 0 radical (unpaired) electrons. The van der Waals surface area contributed by atoms with Crippen LogP contribution in [-0.4, -0.2) is 15.8 Å². The van der Waals surface area contributed by atoms with Crippen molar-refractivity contribution in [3.63, 3.8) is 0 Å². The van der Waals surface area contributed by atoms with E-state index in [0.717, 1.165) is 11.3 Å². The van der Waals surface area contributed by atoms with Gasteiger partial charge < -0.3 is 0 Å². The summed E-state index contributed by atoms with van der Waals surface area (Å²) in [6.45, 7) is 0. The zero-order chi connectivity index (χ0) is 11.3. The number of benzene rings is 1. The van der Waals surface area contributed by atoms with Crippen molar-refractivity contribution < 1.29 is 10.3 Å². The van der Waals surface area contributed by atoms with Gasteiger partial charge in [0.05, 0.1) is 4.92 Å². The van der Waals surface area contributed by atoms with Crippen molar-refractivity contribution in [3.8, 4) is 0 Å². The first-order valence-corrected chi connectivity index (χ1v) is 5.32. The second-order valence-electron chi connectivity index (χ2n) is 2.93. The van der Waals surface area contributed by atoms with Gasteiger partial charge >= 0.3 is 0 Å². The average molecular weight is 226 g/mol. The first-order valence-electron chi connectivity index (χ1n) is 4.33. The quantitative estimate of drug-likeness (QED) is 0.325. The van der Waals surface area contributed by atoms with Gasteiger partial charge in [-0.15, -0.1) is 0 Å². The van der Waals surface area contributed by atoms with Crippen LogP contribution in [0.3, 0.4) is 0 Å². The summed E-state index contributed by atoms with van der Waals surface area (Å²) in [7, 11) is 0. The van der Waals surface area contributed by atoms with Crippen molar-refractivity contribution in [2.24, 2.45) is 5.73 Å². The van der Waals surface area contributed by atoms with Gasteiger partial charge in [-0.2, -0.15) is 0 Å².